The van der Waals surface area contributed by atoms with Gasteiger partial charge in [0.15, 0.2) is 0 Å². The van der Waals surface area contributed by atoms with E-state index in [2.05, 4.69) is 21.2 Å². The summed E-state index contributed by atoms with van der Waals surface area (Å²) in [4.78, 5) is 12.9. The lowest BCUT2D eigenvalue weighted by Crippen LogP contribution is -2.31. The Bertz CT molecular complexity index is 428. The molecule has 1 fully saturated rings. The third-order valence-electron chi connectivity index (χ3n) is 2.46. The molecule has 1 N–H and O–H groups in total. The van der Waals surface area contributed by atoms with Gasteiger partial charge in [0.05, 0.1) is 11.0 Å². The molecule has 0 radical (unpaired) electrons. The van der Waals surface area contributed by atoms with Crippen LogP contribution in [0.25, 0.3) is 0 Å². The molecule has 1 heterocycles. The zero-order valence-electron chi connectivity index (χ0n) is 9.08. The Balaban J connectivity index is 1.83. The van der Waals surface area contributed by atoms with Gasteiger partial charge in [-0.25, -0.2) is 9.18 Å². The molecule has 6 heteroatoms. The Hall–Kier alpha value is -1.30. The van der Waals surface area contributed by atoms with Crippen LogP contribution < -0.4 is 10.1 Å². The Morgan fingerprint density at radius 3 is 3.00 bits per heavy atom. The second-order valence-corrected chi connectivity index (χ2v) is 4.50. The van der Waals surface area contributed by atoms with Crippen LogP contribution in [0.2, 0.25) is 0 Å². The molecule has 1 aromatic rings. The number of ether oxygens (including phenoxy) is 1. The second kappa shape index (κ2) is 5.35. The summed E-state index contributed by atoms with van der Waals surface area (Å²) in [5.74, 6) is 0.258. The van der Waals surface area contributed by atoms with E-state index in [-0.39, 0.29) is 11.8 Å². The van der Waals surface area contributed by atoms with Gasteiger partial charge in [-0.3, -0.25) is 0 Å². The fourth-order valence-electron chi connectivity index (χ4n) is 1.58. The van der Waals surface area contributed by atoms with Gasteiger partial charge in [-0.05, 0) is 34.1 Å². The zero-order chi connectivity index (χ0) is 12.3. The van der Waals surface area contributed by atoms with E-state index in [1.54, 1.807) is 11.0 Å². The number of nitrogens with one attached hydrogen (secondary N) is 1. The van der Waals surface area contributed by atoms with Crippen LogP contribution in [0.5, 0.6) is 5.75 Å². The van der Waals surface area contributed by atoms with E-state index in [1.807, 2.05) is 0 Å². The maximum atomic E-state index is 12.8. The lowest BCUT2D eigenvalue weighted by molar-refractivity contribution is 0.202. The van der Waals surface area contributed by atoms with Crippen molar-refractivity contribution < 1.29 is 13.9 Å². The van der Waals surface area contributed by atoms with Crippen molar-refractivity contribution in [3.05, 3.63) is 28.5 Å². The molecule has 17 heavy (non-hydrogen) atoms. The molecule has 2 rings (SSSR count). The first-order chi connectivity index (χ1) is 8.16. The summed E-state index contributed by atoms with van der Waals surface area (Å²) in [6, 6.07) is 4.18. The number of hydrogen-bond acceptors (Lipinski definition) is 2. The van der Waals surface area contributed by atoms with Crippen LogP contribution in [0.1, 0.15) is 0 Å². The standard InChI is InChI=1S/C11H12BrFN2O2/c12-9-7-8(13)1-2-10(9)17-6-5-15-4-3-14-11(15)16/h1-2,7H,3-6H2,(H,14,16). The lowest BCUT2D eigenvalue weighted by atomic mass is 10.3. The molecule has 0 aliphatic carbocycles. The summed E-state index contributed by atoms with van der Waals surface area (Å²) < 4.78 is 18.9. The Morgan fingerprint density at radius 2 is 2.35 bits per heavy atom. The molecule has 1 aliphatic heterocycles. The average molecular weight is 303 g/mol. The van der Waals surface area contributed by atoms with Gasteiger partial charge in [-0.2, -0.15) is 0 Å². The molecule has 92 valence electrons. The second-order valence-electron chi connectivity index (χ2n) is 3.64. The highest BCUT2D eigenvalue weighted by Crippen LogP contribution is 2.25. The van der Waals surface area contributed by atoms with Crippen LogP contribution in [0, 0.1) is 5.82 Å². The predicted octanol–water partition coefficient (Wildman–Crippen LogP) is 1.99. The number of hydrogen-bond donors (Lipinski definition) is 1. The van der Waals surface area contributed by atoms with Gasteiger partial charge < -0.3 is 15.0 Å². The van der Waals surface area contributed by atoms with E-state index in [9.17, 15) is 9.18 Å². The van der Waals surface area contributed by atoms with Crippen molar-refractivity contribution in [1.29, 1.82) is 0 Å². The maximum Gasteiger partial charge on any atom is 0.317 e. The van der Waals surface area contributed by atoms with Crippen molar-refractivity contribution in [1.82, 2.24) is 10.2 Å². The molecule has 1 aliphatic rings. The number of benzene rings is 1. The van der Waals surface area contributed by atoms with Crippen molar-refractivity contribution in [2.75, 3.05) is 26.2 Å². The molecule has 1 aromatic carbocycles. The van der Waals surface area contributed by atoms with Gasteiger partial charge in [0.1, 0.15) is 18.2 Å². The summed E-state index contributed by atoms with van der Waals surface area (Å²) in [6.45, 7) is 2.29. The molecule has 0 unspecified atom stereocenters. The largest absolute Gasteiger partial charge is 0.491 e. The van der Waals surface area contributed by atoms with Crippen molar-refractivity contribution in [3.8, 4) is 5.75 Å². The fraction of sp³-hybridized carbons (Fsp3) is 0.364. The van der Waals surface area contributed by atoms with Crippen LogP contribution >= 0.6 is 15.9 Å². The number of urea groups is 1. The first-order valence-corrected chi connectivity index (χ1v) is 6.07. The molecule has 0 bridgehead atoms. The lowest BCUT2D eigenvalue weighted by Gasteiger charge is -2.15. The smallest absolute Gasteiger partial charge is 0.317 e. The van der Waals surface area contributed by atoms with E-state index in [4.69, 9.17) is 4.74 Å². The third-order valence-corrected chi connectivity index (χ3v) is 3.08. The summed E-state index contributed by atoms with van der Waals surface area (Å²) in [7, 11) is 0. The monoisotopic (exact) mass is 302 g/mol. The average Bonchev–Trinajstić information content (AvgIpc) is 2.68. The molecular weight excluding hydrogens is 291 g/mol. The van der Waals surface area contributed by atoms with Crippen LogP contribution in [-0.4, -0.2) is 37.2 Å². The van der Waals surface area contributed by atoms with Crippen LogP contribution in [0.4, 0.5) is 9.18 Å². The molecular formula is C11H12BrFN2O2. The quantitative estimate of drug-likeness (QED) is 0.924. The minimum absolute atomic E-state index is 0.0632. The molecule has 1 saturated heterocycles. The Labute approximate surface area is 107 Å². The highest BCUT2D eigenvalue weighted by atomic mass is 79.9. The third kappa shape index (κ3) is 3.09. The minimum atomic E-state index is -0.317. The molecule has 0 aromatic heterocycles. The van der Waals surface area contributed by atoms with Gasteiger partial charge in [0, 0.05) is 13.1 Å². The van der Waals surface area contributed by atoms with Crippen molar-refractivity contribution in [2.24, 2.45) is 0 Å². The van der Waals surface area contributed by atoms with Gasteiger partial charge in [-0.15, -0.1) is 0 Å². The van der Waals surface area contributed by atoms with Crippen molar-refractivity contribution in [2.45, 2.75) is 0 Å². The summed E-state index contributed by atoms with van der Waals surface area (Å²) in [5, 5.41) is 2.71. The zero-order valence-corrected chi connectivity index (χ0v) is 10.7. The van der Waals surface area contributed by atoms with E-state index >= 15 is 0 Å². The molecule has 0 atom stereocenters. The minimum Gasteiger partial charge on any atom is -0.491 e. The van der Waals surface area contributed by atoms with Gasteiger partial charge in [-0.1, -0.05) is 0 Å². The summed E-state index contributed by atoms with van der Waals surface area (Å²) >= 11 is 3.21. The number of halogens is 2. The highest BCUT2D eigenvalue weighted by Gasteiger charge is 2.18. The van der Waals surface area contributed by atoms with E-state index in [0.29, 0.717) is 36.5 Å². The predicted molar refractivity (Wildman–Crippen MR) is 64.6 cm³/mol. The number of amides is 2. The summed E-state index contributed by atoms with van der Waals surface area (Å²) in [5.41, 5.74) is 0. The number of carbonyl (C=O) groups excluding carboxylic acids is 1. The Kier molecular flexibility index (Phi) is 3.83. The van der Waals surface area contributed by atoms with Crippen molar-refractivity contribution in [3.63, 3.8) is 0 Å². The first kappa shape index (κ1) is 12.2. The van der Waals surface area contributed by atoms with Crippen LogP contribution in [-0.2, 0) is 0 Å². The van der Waals surface area contributed by atoms with Gasteiger partial charge in [0.2, 0.25) is 0 Å². The maximum absolute atomic E-state index is 12.8. The first-order valence-electron chi connectivity index (χ1n) is 5.27. The number of nitrogens with zero attached hydrogens (tertiary/aromatic N) is 1. The van der Waals surface area contributed by atoms with E-state index in [0.717, 1.165) is 0 Å². The highest BCUT2D eigenvalue weighted by molar-refractivity contribution is 9.10. The SMILES string of the molecule is O=C1NCCN1CCOc1ccc(F)cc1Br. The summed E-state index contributed by atoms with van der Waals surface area (Å²) in [6.07, 6.45) is 0. The van der Waals surface area contributed by atoms with Crippen LogP contribution in [0.3, 0.4) is 0 Å². The van der Waals surface area contributed by atoms with E-state index < -0.39 is 0 Å². The fourth-order valence-corrected chi connectivity index (χ4v) is 2.05. The van der Waals surface area contributed by atoms with Gasteiger partial charge in [0.25, 0.3) is 0 Å². The topological polar surface area (TPSA) is 41.6 Å². The molecule has 0 spiro atoms. The van der Waals surface area contributed by atoms with Crippen molar-refractivity contribution >= 4 is 22.0 Å². The van der Waals surface area contributed by atoms with E-state index in [1.165, 1.54) is 12.1 Å². The van der Waals surface area contributed by atoms with Crippen LogP contribution in [0.15, 0.2) is 22.7 Å². The molecule has 4 nitrogen and oxygen atoms in total. The molecule has 2 amide bonds. The molecule has 0 saturated carbocycles. The number of rotatable bonds is 4. The van der Waals surface area contributed by atoms with Gasteiger partial charge >= 0.3 is 6.03 Å². The Morgan fingerprint density at radius 1 is 1.53 bits per heavy atom. The normalized spacial score (nSPS) is 14.9. The number of carbonyl (C=O) groups is 1.